The number of nitrogens with one attached hydrogen (secondary N) is 1. The molecule has 0 fully saturated rings. The van der Waals surface area contributed by atoms with Gasteiger partial charge in [-0.2, -0.15) is 0 Å². The highest BCUT2D eigenvalue weighted by atomic mass is 16.5. The Morgan fingerprint density at radius 1 is 0.549 bits per heavy atom. The van der Waals surface area contributed by atoms with E-state index in [9.17, 15) is 19.8 Å². The highest BCUT2D eigenvalue weighted by Crippen LogP contribution is 2.12. The van der Waals surface area contributed by atoms with Gasteiger partial charge in [0, 0.05) is 12.8 Å². The van der Waals surface area contributed by atoms with Crippen LogP contribution in [0.25, 0.3) is 0 Å². The lowest BCUT2D eigenvalue weighted by molar-refractivity contribution is -0.143. The number of hydrogen-bond donors (Lipinski definition) is 3. The van der Waals surface area contributed by atoms with E-state index in [1.807, 2.05) is 6.08 Å². The first-order chi connectivity index (χ1) is 25.0. The smallest absolute Gasteiger partial charge is 0.305 e. The van der Waals surface area contributed by atoms with E-state index in [2.05, 4.69) is 55.6 Å². The number of rotatable bonds is 38. The van der Waals surface area contributed by atoms with Gasteiger partial charge in [-0.05, 0) is 89.9 Å². The second kappa shape index (κ2) is 40.6. The summed E-state index contributed by atoms with van der Waals surface area (Å²) in [5.41, 5.74) is 0. The van der Waals surface area contributed by atoms with Crippen LogP contribution in [0.1, 0.15) is 200 Å². The van der Waals surface area contributed by atoms with Crippen molar-refractivity contribution < 1.29 is 24.5 Å². The molecule has 2 unspecified atom stereocenters. The van der Waals surface area contributed by atoms with Gasteiger partial charge in [-0.25, -0.2) is 0 Å². The Morgan fingerprint density at radius 3 is 1.55 bits per heavy atom. The van der Waals surface area contributed by atoms with Crippen LogP contribution in [-0.4, -0.2) is 47.4 Å². The van der Waals surface area contributed by atoms with Crippen LogP contribution in [0.4, 0.5) is 0 Å². The Morgan fingerprint density at radius 2 is 0.980 bits per heavy atom. The molecule has 0 spiro atoms. The molecule has 0 aromatic rings. The molecule has 0 rings (SSSR count). The quantitative estimate of drug-likeness (QED) is 0.0336. The molecular weight excluding hydrogens is 634 g/mol. The lowest BCUT2D eigenvalue weighted by Crippen LogP contribution is -2.45. The molecule has 3 N–H and O–H groups in total. The maximum Gasteiger partial charge on any atom is 0.305 e. The summed E-state index contributed by atoms with van der Waals surface area (Å²) < 4.78 is 5.40. The number of carbonyl (C=O) groups is 2. The fourth-order valence-corrected chi connectivity index (χ4v) is 5.95. The zero-order chi connectivity index (χ0) is 37.3. The summed E-state index contributed by atoms with van der Waals surface area (Å²) in [6, 6.07) is -0.652. The van der Waals surface area contributed by atoms with Gasteiger partial charge < -0.3 is 20.3 Å². The topological polar surface area (TPSA) is 95.9 Å². The minimum absolute atomic E-state index is 0.0546. The van der Waals surface area contributed by atoms with Crippen molar-refractivity contribution in [2.45, 2.75) is 212 Å². The normalized spacial score (nSPS) is 13.3. The fraction of sp³-hybridized carbons (Fsp3) is 0.778. The minimum atomic E-state index is -0.865. The van der Waals surface area contributed by atoms with E-state index >= 15 is 0 Å². The zero-order valence-electron chi connectivity index (χ0n) is 33.3. The standard InChI is InChI=1S/C45H81NO5/c1-3-5-7-9-11-13-14-15-16-17-18-23-27-31-35-39-45(50)51-40-36-32-28-24-20-19-22-26-30-34-38-44(49)46-42(41-47)43(48)37-33-29-25-21-12-10-8-6-4-2/h11,13,15-16,20,24,33,37,42-43,47-48H,3-10,12,14,17-19,21-23,25-32,34-36,38-41H2,1-2H3,(H,46,49)/b13-11-,16-15-,24-20-,37-33+. The van der Waals surface area contributed by atoms with Gasteiger partial charge in [0.05, 0.1) is 25.4 Å². The zero-order valence-corrected chi connectivity index (χ0v) is 33.3. The largest absolute Gasteiger partial charge is 0.466 e. The SMILES string of the molecule is CCCCC/C=C\C/C=C\CCCCCCCC(=O)OCCCC/C=C\CCCCCCC(=O)NC(CO)C(O)/C=C/CCCCCCCCC. The van der Waals surface area contributed by atoms with E-state index in [0.29, 0.717) is 19.4 Å². The van der Waals surface area contributed by atoms with Gasteiger partial charge in [0.1, 0.15) is 0 Å². The molecule has 0 aliphatic heterocycles. The fourth-order valence-electron chi connectivity index (χ4n) is 5.95. The molecule has 0 aliphatic rings. The van der Waals surface area contributed by atoms with E-state index in [0.717, 1.165) is 89.9 Å². The van der Waals surface area contributed by atoms with Gasteiger partial charge in [0.15, 0.2) is 0 Å². The second-order valence-electron chi connectivity index (χ2n) is 14.3. The molecule has 6 heteroatoms. The van der Waals surface area contributed by atoms with Crippen molar-refractivity contribution in [1.82, 2.24) is 5.32 Å². The Kier molecular flexibility index (Phi) is 38.9. The monoisotopic (exact) mass is 716 g/mol. The van der Waals surface area contributed by atoms with E-state index < -0.39 is 12.1 Å². The van der Waals surface area contributed by atoms with Crippen LogP contribution in [0, 0.1) is 0 Å². The average molecular weight is 716 g/mol. The Hall–Kier alpha value is -2.18. The van der Waals surface area contributed by atoms with Crippen LogP contribution in [0.5, 0.6) is 0 Å². The molecule has 296 valence electrons. The first-order valence-electron chi connectivity index (χ1n) is 21.4. The molecule has 0 bridgehead atoms. The van der Waals surface area contributed by atoms with Crippen molar-refractivity contribution in [3.63, 3.8) is 0 Å². The molecule has 0 aromatic heterocycles. The van der Waals surface area contributed by atoms with Crippen LogP contribution < -0.4 is 5.32 Å². The third-order valence-electron chi connectivity index (χ3n) is 9.31. The molecule has 0 aliphatic carbocycles. The number of esters is 1. The van der Waals surface area contributed by atoms with Crippen molar-refractivity contribution in [2.24, 2.45) is 0 Å². The molecule has 51 heavy (non-hydrogen) atoms. The minimum Gasteiger partial charge on any atom is -0.466 e. The maximum atomic E-state index is 12.3. The van der Waals surface area contributed by atoms with Crippen LogP contribution in [0.15, 0.2) is 48.6 Å². The van der Waals surface area contributed by atoms with E-state index in [-0.39, 0.29) is 18.5 Å². The van der Waals surface area contributed by atoms with Gasteiger partial charge in [0.25, 0.3) is 0 Å². The average Bonchev–Trinajstić information content (AvgIpc) is 3.13. The van der Waals surface area contributed by atoms with E-state index in [1.165, 1.54) is 83.5 Å². The Balaban J connectivity index is 3.59. The summed E-state index contributed by atoms with van der Waals surface area (Å²) in [7, 11) is 0. The number of aliphatic hydroxyl groups excluding tert-OH is 2. The molecular formula is C45H81NO5. The molecule has 0 radical (unpaired) electrons. The first-order valence-corrected chi connectivity index (χ1v) is 21.4. The summed E-state index contributed by atoms with van der Waals surface area (Å²) >= 11 is 0. The molecule has 6 nitrogen and oxygen atoms in total. The van der Waals surface area contributed by atoms with Crippen molar-refractivity contribution in [2.75, 3.05) is 13.2 Å². The summed E-state index contributed by atoms with van der Waals surface area (Å²) in [4.78, 5) is 24.3. The van der Waals surface area contributed by atoms with Crippen molar-refractivity contribution in [3.8, 4) is 0 Å². The summed E-state index contributed by atoms with van der Waals surface area (Å²) in [6.07, 6.45) is 48.1. The molecule has 0 heterocycles. The maximum absolute atomic E-state index is 12.3. The lowest BCUT2D eigenvalue weighted by Gasteiger charge is -2.20. The number of allylic oxidation sites excluding steroid dienone is 7. The van der Waals surface area contributed by atoms with Gasteiger partial charge >= 0.3 is 5.97 Å². The van der Waals surface area contributed by atoms with Crippen LogP contribution in [0.2, 0.25) is 0 Å². The number of ether oxygens (including phenoxy) is 1. The number of aliphatic hydroxyl groups is 2. The Bertz CT molecular complexity index is 880. The number of carbonyl (C=O) groups excluding carboxylic acids is 2. The van der Waals surface area contributed by atoms with Crippen molar-refractivity contribution in [1.29, 1.82) is 0 Å². The molecule has 1 amide bonds. The third kappa shape index (κ3) is 37.4. The van der Waals surface area contributed by atoms with Crippen LogP contribution in [-0.2, 0) is 14.3 Å². The molecule has 2 atom stereocenters. The van der Waals surface area contributed by atoms with Crippen molar-refractivity contribution in [3.05, 3.63) is 48.6 Å². The predicted molar refractivity (Wildman–Crippen MR) is 218 cm³/mol. The van der Waals surface area contributed by atoms with Gasteiger partial charge in [-0.1, -0.05) is 146 Å². The highest BCUT2D eigenvalue weighted by molar-refractivity contribution is 5.76. The molecule has 0 saturated heterocycles. The second-order valence-corrected chi connectivity index (χ2v) is 14.3. The van der Waals surface area contributed by atoms with E-state index in [1.54, 1.807) is 6.08 Å². The molecule has 0 saturated carbocycles. The first kappa shape index (κ1) is 48.8. The number of unbranched alkanes of at least 4 members (excludes halogenated alkanes) is 21. The lowest BCUT2D eigenvalue weighted by atomic mass is 10.1. The van der Waals surface area contributed by atoms with Gasteiger partial charge in [0.2, 0.25) is 5.91 Å². The summed E-state index contributed by atoms with van der Waals surface area (Å²) in [5.74, 6) is -0.165. The third-order valence-corrected chi connectivity index (χ3v) is 9.31. The van der Waals surface area contributed by atoms with Crippen molar-refractivity contribution >= 4 is 11.9 Å². The van der Waals surface area contributed by atoms with Crippen LogP contribution >= 0.6 is 0 Å². The molecule has 0 aromatic carbocycles. The van der Waals surface area contributed by atoms with Gasteiger partial charge in [-0.3, -0.25) is 9.59 Å². The van der Waals surface area contributed by atoms with E-state index in [4.69, 9.17) is 4.74 Å². The predicted octanol–water partition coefficient (Wildman–Crippen LogP) is 11.9. The summed E-state index contributed by atoms with van der Waals surface area (Å²) in [5, 5.41) is 22.8. The van der Waals surface area contributed by atoms with Crippen LogP contribution in [0.3, 0.4) is 0 Å². The summed E-state index contributed by atoms with van der Waals surface area (Å²) in [6.45, 7) is 4.72. The number of hydrogen-bond acceptors (Lipinski definition) is 5. The highest BCUT2D eigenvalue weighted by Gasteiger charge is 2.17. The number of amides is 1. The van der Waals surface area contributed by atoms with Gasteiger partial charge in [-0.15, -0.1) is 0 Å². The Labute approximate surface area is 315 Å².